The summed E-state index contributed by atoms with van der Waals surface area (Å²) in [5.74, 6) is -2.35. The lowest BCUT2D eigenvalue weighted by Crippen LogP contribution is -2.29. The highest BCUT2D eigenvalue weighted by molar-refractivity contribution is 6.04. The van der Waals surface area contributed by atoms with Crippen LogP contribution in [-0.4, -0.2) is 31.4 Å². The van der Waals surface area contributed by atoms with Crippen molar-refractivity contribution in [3.05, 3.63) is 53.8 Å². The van der Waals surface area contributed by atoms with E-state index in [2.05, 4.69) is 5.32 Å². The number of alkyl halides is 3. The summed E-state index contributed by atoms with van der Waals surface area (Å²) in [7, 11) is 0. The molecule has 0 aliphatic carbocycles. The number of nitrogens with one attached hydrogen (secondary N) is 1. The minimum Gasteiger partial charge on any atom is -0.370 e. The van der Waals surface area contributed by atoms with E-state index in [1.54, 1.807) is 6.07 Å². The molecule has 2 aromatic carbocycles. The van der Waals surface area contributed by atoms with Crippen molar-refractivity contribution in [3.63, 3.8) is 0 Å². The molecule has 5 nitrogen and oxygen atoms in total. The zero-order valence-electron chi connectivity index (χ0n) is 16.6. The molecule has 4 rings (SSSR count). The van der Waals surface area contributed by atoms with Crippen molar-refractivity contribution in [1.29, 1.82) is 0 Å². The van der Waals surface area contributed by atoms with Crippen LogP contribution >= 0.6 is 0 Å². The average molecular weight is 435 g/mol. The first kappa shape index (κ1) is 21.1. The van der Waals surface area contributed by atoms with E-state index < -0.39 is 35.3 Å². The summed E-state index contributed by atoms with van der Waals surface area (Å²) < 4.78 is 53.8. The molecule has 31 heavy (non-hydrogen) atoms. The number of halogens is 4. The smallest absolute Gasteiger partial charge is 0.370 e. The third-order valence-electron chi connectivity index (χ3n) is 5.67. The summed E-state index contributed by atoms with van der Waals surface area (Å²) in [6.07, 6.45) is -2.85. The van der Waals surface area contributed by atoms with Crippen molar-refractivity contribution in [2.45, 2.75) is 25.4 Å². The lowest BCUT2D eigenvalue weighted by Gasteiger charge is -2.23. The Bertz CT molecular complexity index is 1000. The Balaban J connectivity index is 1.56. The number of nitrogens with zero attached hydrogens (tertiary/aromatic N) is 2. The van der Waals surface area contributed by atoms with Crippen molar-refractivity contribution in [2.75, 3.05) is 34.8 Å². The summed E-state index contributed by atoms with van der Waals surface area (Å²) in [5.41, 5.74) is -0.187. The van der Waals surface area contributed by atoms with Gasteiger partial charge in [-0.3, -0.25) is 9.59 Å². The normalized spacial score (nSPS) is 19.2. The minimum absolute atomic E-state index is 0.0381. The molecule has 2 aliphatic heterocycles. The van der Waals surface area contributed by atoms with Gasteiger partial charge in [0.25, 0.3) is 0 Å². The van der Waals surface area contributed by atoms with Gasteiger partial charge in [-0.2, -0.15) is 13.2 Å². The van der Waals surface area contributed by atoms with Crippen LogP contribution in [0.5, 0.6) is 0 Å². The number of carbonyl (C=O) groups excluding carboxylic acids is 2. The zero-order chi connectivity index (χ0) is 22.2. The van der Waals surface area contributed by atoms with Gasteiger partial charge in [-0.1, -0.05) is 12.1 Å². The topological polar surface area (TPSA) is 52.7 Å². The van der Waals surface area contributed by atoms with Crippen molar-refractivity contribution in [3.8, 4) is 0 Å². The second-order valence-corrected chi connectivity index (χ2v) is 7.77. The van der Waals surface area contributed by atoms with Gasteiger partial charge in [-0.05, 0) is 43.2 Å². The predicted octanol–water partition coefficient (Wildman–Crippen LogP) is 4.44. The van der Waals surface area contributed by atoms with Crippen LogP contribution in [0.2, 0.25) is 0 Å². The molecule has 2 heterocycles. The molecule has 9 heteroatoms. The maximum atomic E-state index is 14.1. The maximum absolute atomic E-state index is 14.1. The Labute approximate surface area is 176 Å². The minimum atomic E-state index is -4.55. The van der Waals surface area contributed by atoms with E-state index in [-0.39, 0.29) is 24.3 Å². The van der Waals surface area contributed by atoms with Crippen LogP contribution in [0, 0.1) is 11.7 Å². The summed E-state index contributed by atoms with van der Waals surface area (Å²) in [6, 6.07) is 9.06. The van der Waals surface area contributed by atoms with Gasteiger partial charge in [0, 0.05) is 26.1 Å². The van der Waals surface area contributed by atoms with E-state index in [4.69, 9.17) is 0 Å². The molecule has 2 fully saturated rings. The number of benzene rings is 2. The van der Waals surface area contributed by atoms with Crippen LogP contribution in [0.1, 0.15) is 24.8 Å². The highest BCUT2D eigenvalue weighted by Gasteiger charge is 2.37. The second-order valence-electron chi connectivity index (χ2n) is 7.77. The fourth-order valence-electron chi connectivity index (χ4n) is 4.07. The molecule has 0 aromatic heterocycles. The molecule has 2 aromatic rings. The van der Waals surface area contributed by atoms with Crippen LogP contribution < -0.4 is 15.1 Å². The van der Waals surface area contributed by atoms with E-state index in [9.17, 15) is 27.2 Å². The lowest BCUT2D eigenvalue weighted by molar-refractivity contribution is -0.137. The molecule has 2 amide bonds. The molecule has 0 bridgehead atoms. The highest BCUT2D eigenvalue weighted by atomic mass is 19.4. The molecule has 2 saturated heterocycles. The predicted molar refractivity (Wildman–Crippen MR) is 108 cm³/mol. The molecular formula is C22H21F4N3O2. The van der Waals surface area contributed by atoms with Crippen LogP contribution in [0.15, 0.2) is 42.5 Å². The Hall–Kier alpha value is -3.10. The number of para-hydroxylation sites is 1. The van der Waals surface area contributed by atoms with Crippen LogP contribution in [-0.2, 0) is 15.8 Å². The van der Waals surface area contributed by atoms with Gasteiger partial charge >= 0.3 is 6.18 Å². The monoisotopic (exact) mass is 435 g/mol. The first-order valence-corrected chi connectivity index (χ1v) is 10.1. The third kappa shape index (κ3) is 4.35. The number of carbonyl (C=O) groups is 2. The molecule has 0 saturated carbocycles. The summed E-state index contributed by atoms with van der Waals surface area (Å²) in [4.78, 5) is 28.4. The van der Waals surface area contributed by atoms with Gasteiger partial charge < -0.3 is 15.1 Å². The standard InChI is InChI=1S/C22H21F4N3O2/c23-16-5-1-2-6-18(16)29-13-14(11-20(29)30)21(31)27-17-12-15(22(24,25)26)7-8-19(17)28-9-3-4-10-28/h1-2,5-8,12,14H,3-4,9-11,13H2,(H,27,31). The Morgan fingerprint density at radius 1 is 1.03 bits per heavy atom. The summed E-state index contributed by atoms with van der Waals surface area (Å²) in [5, 5.41) is 2.60. The molecule has 0 spiro atoms. The lowest BCUT2D eigenvalue weighted by atomic mass is 10.1. The summed E-state index contributed by atoms with van der Waals surface area (Å²) >= 11 is 0. The largest absolute Gasteiger partial charge is 0.416 e. The van der Waals surface area contributed by atoms with Gasteiger partial charge in [0.2, 0.25) is 11.8 Å². The fourth-order valence-corrected chi connectivity index (χ4v) is 4.07. The van der Waals surface area contributed by atoms with Crippen molar-refractivity contribution < 1.29 is 27.2 Å². The first-order valence-electron chi connectivity index (χ1n) is 10.1. The van der Waals surface area contributed by atoms with E-state index in [1.807, 2.05) is 4.90 Å². The summed E-state index contributed by atoms with van der Waals surface area (Å²) in [6.45, 7) is 1.35. The van der Waals surface area contributed by atoms with Crippen LogP contribution in [0.4, 0.5) is 34.6 Å². The van der Waals surface area contributed by atoms with E-state index in [0.29, 0.717) is 18.8 Å². The molecule has 0 radical (unpaired) electrons. The van der Waals surface area contributed by atoms with E-state index in [1.165, 1.54) is 29.2 Å². The van der Waals surface area contributed by atoms with Gasteiger partial charge in [0.05, 0.1) is 28.5 Å². The van der Waals surface area contributed by atoms with Gasteiger partial charge in [-0.15, -0.1) is 0 Å². The average Bonchev–Trinajstić information content (AvgIpc) is 3.38. The van der Waals surface area contributed by atoms with Gasteiger partial charge in [-0.25, -0.2) is 4.39 Å². The Morgan fingerprint density at radius 2 is 1.74 bits per heavy atom. The zero-order valence-corrected chi connectivity index (χ0v) is 16.6. The first-order chi connectivity index (χ1) is 14.7. The van der Waals surface area contributed by atoms with E-state index in [0.717, 1.165) is 25.0 Å². The molecule has 1 unspecified atom stereocenters. The van der Waals surface area contributed by atoms with Crippen molar-refractivity contribution in [1.82, 2.24) is 0 Å². The number of hydrogen-bond acceptors (Lipinski definition) is 3. The molecule has 1 atom stereocenters. The van der Waals surface area contributed by atoms with Gasteiger partial charge in [0.1, 0.15) is 5.82 Å². The molecular weight excluding hydrogens is 414 g/mol. The fraction of sp³-hybridized carbons (Fsp3) is 0.364. The maximum Gasteiger partial charge on any atom is 0.416 e. The Morgan fingerprint density at radius 3 is 2.42 bits per heavy atom. The quantitative estimate of drug-likeness (QED) is 0.723. The number of amides is 2. The van der Waals surface area contributed by atoms with Crippen molar-refractivity contribution in [2.24, 2.45) is 5.92 Å². The second kappa shape index (κ2) is 8.20. The molecule has 2 aliphatic rings. The molecule has 164 valence electrons. The molecule has 1 N–H and O–H groups in total. The number of hydrogen-bond donors (Lipinski definition) is 1. The van der Waals surface area contributed by atoms with E-state index >= 15 is 0 Å². The Kier molecular flexibility index (Phi) is 5.60. The number of rotatable bonds is 4. The number of anilines is 3. The van der Waals surface area contributed by atoms with Crippen LogP contribution in [0.25, 0.3) is 0 Å². The highest BCUT2D eigenvalue weighted by Crippen LogP contribution is 2.37. The SMILES string of the molecule is O=C(Nc1cc(C(F)(F)F)ccc1N1CCCC1)C1CC(=O)N(c2ccccc2F)C1. The van der Waals surface area contributed by atoms with Crippen molar-refractivity contribution >= 4 is 28.9 Å². The van der Waals surface area contributed by atoms with Gasteiger partial charge in [0.15, 0.2) is 0 Å². The van der Waals surface area contributed by atoms with Crippen LogP contribution in [0.3, 0.4) is 0 Å². The third-order valence-corrected chi connectivity index (χ3v) is 5.67.